The standard InChI is InChI=1S/C17H26O3/c1-2-3-4-5-6-7-8-9-10-11-12-15-13-16(18)14-20-17(15)19/h1,12,16,18H,3-11,13-14H2/b15-12+. The van der Waals surface area contributed by atoms with Crippen LogP contribution in [-0.4, -0.2) is 23.8 Å². The summed E-state index contributed by atoms with van der Waals surface area (Å²) >= 11 is 0. The molecular formula is C17H26O3. The van der Waals surface area contributed by atoms with E-state index in [1.165, 1.54) is 32.1 Å². The molecule has 0 saturated carbocycles. The molecule has 0 spiro atoms. The van der Waals surface area contributed by atoms with Crippen LogP contribution in [0.1, 0.15) is 64.2 Å². The highest BCUT2D eigenvalue weighted by Gasteiger charge is 2.22. The van der Waals surface area contributed by atoms with Gasteiger partial charge in [-0.1, -0.05) is 38.2 Å². The van der Waals surface area contributed by atoms with Crippen molar-refractivity contribution >= 4 is 5.97 Å². The number of cyclic esters (lactones) is 1. The molecule has 1 atom stereocenters. The summed E-state index contributed by atoms with van der Waals surface area (Å²) in [7, 11) is 0. The zero-order valence-electron chi connectivity index (χ0n) is 12.3. The first-order chi connectivity index (χ1) is 9.74. The first kappa shape index (κ1) is 16.8. The third-order valence-corrected chi connectivity index (χ3v) is 3.54. The van der Waals surface area contributed by atoms with Crippen molar-refractivity contribution in [3.63, 3.8) is 0 Å². The maximum atomic E-state index is 11.4. The van der Waals surface area contributed by atoms with Crippen LogP contribution >= 0.6 is 0 Å². The van der Waals surface area contributed by atoms with Crippen molar-refractivity contribution in [2.75, 3.05) is 6.61 Å². The predicted molar refractivity (Wildman–Crippen MR) is 80.1 cm³/mol. The Labute approximate surface area is 122 Å². The molecule has 3 heteroatoms. The number of carbonyl (C=O) groups is 1. The normalized spacial score (nSPS) is 20.7. The number of esters is 1. The summed E-state index contributed by atoms with van der Waals surface area (Å²) in [6, 6.07) is 0. The minimum absolute atomic E-state index is 0.135. The molecule has 1 rings (SSSR count). The van der Waals surface area contributed by atoms with Gasteiger partial charge < -0.3 is 9.84 Å². The van der Waals surface area contributed by atoms with Gasteiger partial charge in [0.2, 0.25) is 0 Å². The van der Waals surface area contributed by atoms with E-state index in [0.29, 0.717) is 12.0 Å². The number of hydrogen-bond acceptors (Lipinski definition) is 3. The molecule has 1 aliphatic heterocycles. The molecule has 1 saturated heterocycles. The molecule has 1 heterocycles. The summed E-state index contributed by atoms with van der Waals surface area (Å²) in [6.07, 6.45) is 17.3. The van der Waals surface area contributed by atoms with Crippen molar-refractivity contribution in [1.82, 2.24) is 0 Å². The van der Waals surface area contributed by atoms with Gasteiger partial charge >= 0.3 is 5.97 Å². The summed E-state index contributed by atoms with van der Waals surface area (Å²) in [4.78, 5) is 11.4. The summed E-state index contributed by atoms with van der Waals surface area (Å²) in [5, 5.41) is 9.43. The molecule has 3 nitrogen and oxygen atoms in total. The maximum Gasteiger partial charge on any atom is 0.333 e. The Morgan fingerprint density at radius 1 is 1.20 bits per heavy atom. The zero-order chi connectivity index (χ0) is 14.6. The number of carbonyl (C=O) groups excluding carboxylic acids is 1. The van der Waals surface area contributed by atoms with Gasteiger partial charge in [-0.15, -0.1) is 12.3 Å². The van der Waals surface area contributed by atoms with Crippen LogP contribution in [0.15, 0.2) is 11.6 Å². The zero-order valence-corrected chi connectivity index (χ0v) is 12.3. The van der Waals surface area contributed by atoms with Crippen LogP contribution in [0, 0.1) is 12.3 Å². The van der Waals surface area contributed by atoms with Crippen LogP contribution in [0.3, 0.4) is 0 Å². The lowest BCUT2D eigenvalue weighted by atomic mass is 10.0. The van der Waals surface area contributed by atoms with Gasteiger partial charge in [0, 0.05) is 18.4 Å². The van der Waals surface area contributed by atoms with Crippen LogP contribution in [-0.2, 0) is 9.53 Å². The molecule has 1 unspecified atom stereocenters. The van der Waals surface area contributed by atoms with Crippen molar-refractivity contribution in [2.45, 2.75) is 70.3 Å². The number of terminal acetylenes is 1. The van der Waals surface area contributed by atoms with E-state index in [0.717, 1.165) is 25.7 Å². The van der Waals surface area contributed by atoms with Gasteiger partial charge in [0.15, 0.2) is 0 Å². The molecule has 1 aliphatic rings. The molecule has 0 radical (unpaired) electrons. The number of allylic oxidation sites excluding steroid dienone is 1. The lowest BCUT2D eigenvalue weighted by Crippen LogP contribution is -2.27. The van der Waals surface area contributed by atoms with E-state index < -0.39 is 6.10 Å². The molecule has 20 heavy (non-hydrogen) atoms. The van der Waals surface area contributed by atoms with Gasteiger partial charge in [0.05, 0.1) is 6.10 Å². The fourth-order valence-corrected chi connectivity index (χ4v) is 2.36. The molecule has 0 aromatic rings. The van der Waals surface area contributed by atoms with Gasteiger partial charge in [0.25, 0.3) is 0 Å². The van der Waals surface area contributed by atoms with E-state index in [-0.39, 0.29) is 12.6 Å². The number of aliphatic hydroxyl groups is 1. The number of ether oxygens (including phenoxy) is 1. The van der Waals surface area contributed by atoms with E-state index in [1.54, 1.807) is 0 Å². The van der Waals surface area contributed by atoms with Gasteiger partial charge in [-0.05, 0) is 19.3 Å². The predicted octanol–water partition coefficient (Wildman–Crippen LogP) is 3.36. The minimum atomic E-state index is -0.526. The summed E-state index contributed by atoms with van der Waals surface area (Å²) in [5.74, 6) is 2.40. The highest BCUT2D eigenvalue weighted by Crippen LogP contribution is 2.17. The maximum absolute atomic E-state index is 11.4. The SMILES string of the molecule is C#CCCCCCCCCC/C=C1\CC(O)COC1=O. The summed E-state index contributed by atoms with van der Waals surface area (Å²) < 4.78 is 4.87. The van der Waals surface area contributed by atoms with Gasteiger partial charge in [-0.25, -0.2) is 4.79 Å². The molecule has 0 aliphatic carbocycles. The van der Waals surface area contributed by atoms with E-state index in [9.17, 15) is 9.90 Å². The van der Waals surface area contributed by atoms with Gasteiger partial charge in [-0.3, -0.25) is 0 Å². The molecular weight excluding hydrogens is 252 g/mol. The third kappa shape index (κ3) is 7.35. The molecule has 0 bridgehead atoms. The van der Waals surface area contributed by atoms with E-state index in [1.807, 2.05) is 6.08 Å². The number of hydrogen-bond donors (Lipinski definition) is 1. The molecule has 0 amide bonds. The quantitative estimate of drug-likeness (QED) is 0.304. The first-order valence-electron chi connectivity index (χ1n) is 7.71. The monoisotopic (exact) mass is 278 g/mol. The first-order valence-corrected chi connectivity index (χ1v) is 7.71. The minimum Gasteiger partial charge on any atom is -0.460 e. The third-order valence-electron chi connectivity index (χ3n) is 3.54. The molecule has 112 valence electrons. The van der Waals surface area contributed by atoms with Crippen molar-refractivity contribution in [2.24, 2.45) is 0 Å². The number of rotatable bonds is 9. The molecule has 1 fully saturated rings. The smallest absolute Gasteiger partial charge is 0.333 e. The topological polar surface area (TPSA) is 46.5 Å². The van der Waals surface area contributed by atoms with Crippen molar-refractivity contribution in [3.05, 3.63) is 11.6 Å². The average Bonchev–Trinajstić information content (AvgIpc) is 2.44. The fraction of sp³-hybridized carbons (Fsp3) is 0.706. The van der Waals surface area contributed by atoms with Gasteiger partial charge in [-0.2, -0.15) is 0 Å². The number of aliphatic hydroxyl groups excluding tert-OH is 1. The van der Waals surface area contributed by atoms with Crippen LogP contribution in [0.4, 0.5) is 0 Å². The Balaban J connectivity index is 1.98. The van der Waals surface area contributed by atoms with E-state index >= 15 is 0 Å². The van der Waals surface area contributed by atoms with Crippen LogP contribution in [0.25, 0.3) is 0 Å². The molecule has 0 aromatic heterocycles. The highest BCUT2D eigenvalue weighted by atomic mass is 16.5. The lowest BCUT2D eigenvalue weighted by molar-refractivity contribution is -0.146. The lowest BCUT2D eigenvalue weighted by Gasteiger charge is -2.19. The largest absolute Gasteiger partial charge is 0.460 e. The fourth-order valence-electron chi connectivity index (χ4n) is 2.36. The second kappa shape index (κ2) is 10.5. The summed E-state index contributed by atoms with van der Waals surface area (Å²) in [6.45, 7) is 0.135. The van der Waals surface area contributed by atoms with Crippen molar-refractivity contribution < 1.29 is 14.6 Å². The Morgan fingerprint density at radius 2 is 1.85 bits per heavy atom. The van der Waals surface area contributed by atoms with E-state index in [4.69, 9.17) is 11.2 Å². The second-order valence-corrected chi connectivity index (χ2v) is 5.40. The van der Waals surface area contributed by atoms with Crippen LogP contribution in [0.5, 0.6) is 0 Å². The van der Waals surface area contributed by atoms with Crippen LogP contribution in [0.2, 0.25) is 0 Å². The second-order valence-electron chi connectivity index (χ2n) is 5.40. The molecule has 1 N–H and O–H groups in total. The van der Waals surface area contributed by atoms with Gasteiger partial charge in [0.1, 0.15) is 6.61 Å². The Kier molecular flexibility index (Phi) is 8.82. The van der Waals surface area contributed by atoms with Crippen molar-refractivity contribution in [3.8, 4) is 12.3 Å². The number of unbranched alkanes of at least 4 members (excludes halogenated alkanes) is 8. The Morgan fingerprint density at radius 3 is 2.55 bits per heavy atom. The highest BCUT2D eigenvalue weighted by molar-refractivity contribution is 5.89. The molecule has 0 aromatic carbocycles. The average molecular weight is 278 g/mol. The Hall–Kier alpha value is -1.27. The van der Waals surface area contributed by atoms with E-state index in [2.05, 4.69) is 5.92 Å². The Bertz CT molecular complexity index is 352. The van der Waals surface area contributed by atoms with Crippen molar-refractivity contribution in [1.29, 1.82) is 0 Å². The van der Waals surface area contributed by atoms with Crippen LogP contribution < -0.4 is 0 Å². The summed E-state index contributed by atoms with van der Waals surface area (Å²) in [5.41, 5.74) is 0.637.